The number of para-hydroxylation sites is 1. The Morgan fingerprint density at radius 3 is 2.42 bits per heavy atom. The van der Waals surface area contributed by atoms with Crippen molar-refractivity contribution in [1.82, 2.24) is 19.8 Å². The van der Waals surface area contributed by atoms with Gasteiger partial charge in [0.05, 0.1) is 10.4 Å². The van der Waals surface area contributed by atoms with Gasteiger partial charge in [0.2, 0.25) is 0 Å². The van der Waals surface area contributed by atoms with Crippen molar-refractivity contribution in [2.24, 2.45) is 0 Å². The van der Waals surface area contributed by atoms with Crippen molar-refractivity contribution >= 4 is 90.2 Å². The highest BCUT2D eigenvalue weighted by atomic mass is 35.5. The van der Waals surface area contributed by atoms with E-state index >= 15 is 0 Å². The first-order chi connectivity index (χ1) is 24.2. The number of benzene rings is 3. The van der Waals surface area contributed by atoms with Crippen LogP contribution in [0.4, 0.5) is 21.0 Å². The Morgan fingerprint density at radius 2 is 1.66 bits per heavy atom. The highest BCUT2D eigenvalue weighted by Crippen LogP contribution is 2.49. The number of piperazine rings is 1. The molecule has 1 unspecified atom stereocenters. The average Bonchev–Trinajstić information content (AvgIpc) is 3.91. The molecule has 1 fully saturated rings. The van der Waals surface area contributed by atoms with Crippen molar-refractivity contribution in [1.29, 1.82) is 0 Å². The quantitative estimate of drug-likeness (QED) is 0.139. The van der Waals surface area contributed by atoms with Gasteiger partial charge in [-0.15, -0.1) is 22.9 Å². The fourth-order valence-corrected chi connectivity index (χ4v) is 8.17. The summed E-state index contributed by atoms with van der Waals surface area (Å²) < 4.78 is 6.75. The molecule has 5 heterocycles. The third-order valence-corrected chi connectivity index (χ3v) is 10.9. The van der Waals surface area contributed by atoms with Crippen molar-refractivity contribution in [3.05, 3.63) is 88.6 Å². The number of halogens is 1. The number of rotatable bonds is 5. The summed E-state index contributed by atoms with van der Waals surface area (Å²) in [7, 11) is 0. The molecule has 2 aliphatic heterocycles. The van der Waals surface area contributed by atoms with Gasteiger partial charge < -0.3 is 39.8 Å². The number of hydrogen-bond acceptors (Lipinski definition) is 6. The lowest BCUT2D eigenvalue weighted by molar-refractivity contribution is 0.0974. The number of hydrogen-bond donors (Lipinski definition) is 4. The van der Waals surface area contributed by atoms with Gasteiger partial charge in [0.1, 0.15) is 11.4 Å². The molecule has 50 heavy (non-hydrogen) atoms. The molecule has 4 amide bonds. The zero-order valence-corrected chi connectivity index (χ0v) is 28.4. The number of nitrogens with one attached hydrogen (secondary N) is 3. The van der Waals surface area contributed by atoms with Crippen LogP contribution in [0, 0.1) is 6.92 Å². The number of amides is 4. The van der Waals surface area contributed by atoms with Crippen LogP contribution in [0.25, 0.3) is 31.9 Å². The minimum Gasteiger partial charge on any atom is -0.465 e. The van der Waals surface area contributed by atoms with Crippen LogP contribution in [0.2, 0.25) is 0 Å². The van der Waals surface area contributed by atoms with E-state index in [2.05, 4.69) is 15.3 Å². The summed E-state index contributed by atoms with van der Waals surface area (Å²) in [6.45, 7) is 3.16. The Balaban J connectivity index is 1.07. The molecule has 6 aromatic rings. The number of fused-ring (bicyclic) bond motifs is 5. The van der Waals surface area contributed by atoms with Gasteiger partial charge in [-0.25, -0.2) is 9.59 Å². The van der Waals surface area contributed by atoms with Gasteiger partial charge in [-0.1, -0.05) is 18.2 Å². The fourth-order valence-electron chi connectivity index (χ4n) is 6.90. The second-order valence-electron chi connectivity index (χ2n) is 12.5. The third-order valence-electron chi connectivity index (χ3n) is 9.43. The number of carbonyl (C=O) groups is 4. The Hall–Kier alpha value is -5.53. The van der Waals surface area contributed by atoms with E-state index in [9.17, 15) is 24.3 Å². The molecule has 0 radical (unpaired) electrons. The van der Waals surface area contributed by atoms with E-state index in [1.165, 1.54) is 21.1 Å². The number of anilines is 2. The van der Waals surface area contributed by atoms with Crippen molar-refractivity contribution in [2.45, 2.75) is 12.8 Å². The number of aromatic amines is 2. The number of ether oxygens (including phenoxy) is 1. The summed E-state index contributed by atoms with van der Waals surface area (Å²) in [6.07, 6.45) is -1.59. The van der Waals surface area contributed by atoms with Crippen LogP contribution >= 0.6 is 22.9 Å². The Kier molecular flexibility index (Phi) is 7.88. The summed E-state index contributed by atoms with van der Waals surface area (Å²) in [5.74, 6) is -0.0609. The van der Waals surface area contributed by atoms with Crippen LogP contribution in [0.5, 0.6) is 5.75 Å². The molecule has 0 saturated carbocycles. The van der Waals surface area contributed by atoms with Crippen LogP contribution in [0.1, 0.15) is 38.0 Å². The smallest absolute Gasteiger partial charge is 0.415 e. The lowest BCUT2D eigenvalue weighted by Crippen LogP contribution is -2.51. The molecule has 1 saturated heterocycles. The first kappa shape index (κ1) is 31.7. The van der Waals surface area contributed by atoms with E-state index in [0.717, 1.165) is 43.0 Å². The Bertz CT molecular complexity index is 2320. The number of thiophene rings is 1. The van der Waals surface area contributed by atoms with E-state index in [1.807, 2.05) is 48.7 Å². The molecule has 3 aromatic heterocycles. The predicted molar refractivity (Wildman–Crippen MR) is 193 cm³/mol. The van der Waals surface area contributed by atoms with Gasteiger partial charge >= 0.3 is 12.2 Å². The normalized spacial score (nSPS) is 16.0. The van der Waals surface area contributed by atoms with Crippen molar-refractivity contribution in [2.75, 3.05) is 48.8 Å². The van der Waals surface area contributed by atoms with Crippen LogP contribution in [-0.4, -0.2) is 87.5 Å². The molecule has 4 N–H and O–H groups in total. The summed E-state index contributed by atoms with van der Waals surface area (Å²) in [5, 5.41) is 16.8. The van der Waals surface area contributed by atoms with E-state index in [4.69, 9.17) is 16.3 Å². The van der Waals surface area contributed by atoms with E-state index < -0.39 is 12.2 Å². The second kappa shape index (κ2) is 12.4. The van der Waals surface area contributed by atoms with Gasteiger partial charge in [-0.3, -0.25) is 9.59 Å². The third kappa shape index (κ3) is 5.48. The molecule has 3 aromatic carbocycles. The van der Waals surface area contributed by atoms with Crippen LogP contribution in [-0.2, 0) is 0 Å². The summed E-state index contributed by atoms with van der Waals surface area (Å²) in [5.41, 5.74) is 5.54. The van der Waals surface area contributed by atoms with Crippen molar-refractivity contribution in [3.8, 4) is 5.75 Å². The molecule has 1 atom stereocenters. The van der Waals surface area contributed by atoms with Crippen LogP contribution in [0.3, 0.4) is 0 Å². The summed E-state index contributed by atoms with van der Waals surface area (Å²) >= 11 is 7.96. The molecular formula is C36H31ClN6O6S. The molecule has 254 valence electrons. The number of aryl methyl sites for hydroxylation is 1. The van der Waals surface area contributed by atoms with Crippen molar-refractivity contribution in [3.63, 3.8) is 0 Å². The Labute approximate surface area is 294 Å². The number of carboxylic acid groups (broad SMARTS) is 1. The maximum absolute atomic E-state index is 14.2. The molecule has 2 aliphatic rings. The lowest BCUT2D eigenvalue weighted by Gasteiger charge is -2.32. The number of carbonyl (C=O) groups excluding carboxylic acids is 3. The monoisotopic (exact) mass is 710 g/mol. The topological polar surface area (TPSA) is 151 Å². The van der Waals surface area contributed by atoms with Gasteiger partial charge in [-0.05, 0) is 59.8 Å². The molecule has 0 spiro atoms. The van der Waals surface area contributed by atoms with Crippen LogP contribution < -0.4 is 15.0 Å². The number of aromatic nitrogens is 2. The summed E-state index contributed by atoms with van der Waals surface area (Å²) in [4.78, 5) is 62.6. The fraction of sp³-hybridized carbons (Fsp3) is 0.222. The maximum Gasteiger partial charge on any atom is 0.415 e. The minimum atomic E-state index is -1.02. The molecule has 0 aliphatic carbocycles. The van der Waals surface area contributed by atoms with E-state index in [1.54, 1.807) is 29.2 Å². The zero-order valence-electron chi connectivity index (χ0n) is 26.8. The van der Waals surface area contributed by atoms with Gasteiger partial charge in [0, 0.05) is 83.5 Å². The second-order valence-corrected chi connectivity index (χ2v) is 13.7. The molecule has 8 rings (SSSR count). The number of nitrogens with zero attached hydrogens (tertiary/aromatic N) is 3. The van der Waals surface area contributed by atoms with Gasteiger partial charge in [0.15, 0.2) is 5.75 Å². The van der Waals surface area contributed by atoms with Crippen molar-refractivity contribution < 1.29 is 29.0 Å². The number of alkyl halides is 1. The number of H-pyrrole nitrogens is 2. The SMILES string of the molecule is Cc1csc2c(OC(=O)N3CCN(C(=O)O)CC3)cc3c(c12)C(CCl)CN3C(=O)c1cc2cc(NC(=O)c3cc4ccccc4[nH]3)ccc2[nH]1. The Morgan fingerprint density at radius 1 is 0.940 bits per heavy atom. The van der Waals surface area contributed by atoms with Crippen LogP contribution in [0.15, 0.2) is 66.0 Å². The van der Waals surface area contributed by atoms with Gasteiger partial charge in [0.25, 0.3) is 11.8 Å². The first-order valence-corrected chi connectivity index (χ1v) is 17.5. The highest BCUT2D eigenvalue weighted by Gasteiger charge is 2.37. The maximum atomic E-state index is 14.2. The minimum absolute atomic E-state index is 0.143. The highest BCUT2D eigenvalue weighted by molar-refractivity contribution is 7.17. The predicted octanol–water partition coefficient (Wildman–Crippen LogP) is 7.20. The lowest BCUT2D eigenvalue weighted by atomic mass is 9.97. The largest absolute Gasteiger partial charge is 0.465 e. The zero-order chi connectivity index (χ0) is 34.7. The summed E-state index contributed by atoms with van der Waals surface area (Å²) in [6, 6.07) is 18.4. The molecule has 12 nitrogen and oxygen atoms in total. The first-order valence-electron chi connectivity index (χ1n) is 16.1. The molecule has 14 heteroatoms. The van der Waals surface area contributed by atoms with Gasteiger partial charge in [-0.2, -0.15) is 0 Å². The molecule has 0 bridgehead atoms. The average molecular weight is 711 g/mol. The van der Waals surface area contributed by atoms with E-state index in [-0.39, 0.29) is 43.9 Å². The standard InChI is InChI=1S/C36H31ClN6O6S/c1-19-18-50-32-29(49-36(48)42-10-8-41(9-11-42)35(46)47)15-28-31(30(19)32)22(16-37)17-43(28)34(45)27-14-21-12-23(6-7-25(21)40-27)38-33(44)26-13-20-4-2-3-5-24(20)39-26/h2-7,12-15,18,22,39-40H,8-11,16-17H2,1H3,(H,38,44)(H,46,47). The molecular weight excluding hydrogens is 680 g/mol. The van der Waals surface area contributed by atoms with E-state index in [0.29, 0.717) is 40.9 Å².